The predicted octanol–water partition coefficient (Wildman–Crippen LogP) is 3.45. The first kappa shape index (κ1) is 19.9. The van der Waals surface area contributed by atoms with Gasteiger partial charge in [-0.15, -0.1) is 25.6 Å². The van der Waals surface area contributed by atoms with E-state index in [1.165, 1.54) is 6.07 Å². The van der Waals surface area contributed by atoms with Crippen molar-refractivity contribution >= 4 is 12.4 Å². The third kappa shape index (κ3) is 5.78. The molecular weight excluding hydrogens is 343 g/mol. The number of rotatable bonds is 5. The Morgan fingerprint density at radius 3 is 2.39 bits per heavy atom. The first-order valence-corrected chi connectivity index (χ1v) is 6.96. The summed E-state index contributed by atoms with van der Waals surface area (Å²) in [6.07, 6.45) is -4.78. The van der Waals surface area contributed by atoms with E-state index in [2.05, 4.69) is 10.1 Å². The number of benzene rings is 1. The van der Waals surface area contributed by atoms with E-state index in [0.29, 0.717) is 18.7 Å². The molecule has 9 heteroatoms. The number of halogens is 6. The lowest BCUT2D eigenvalue weighted by molar-refractivity contribution is -0.275. The van der Waals surface area contributed by atoms with E-state index < -0.39 is 24.6 Å². The number of piperazine rings is 1. The summed E-state index contributed by atoms with van der Waals surface area (Å²) in [6, 6.07) is 2.92. The van der Waals surface area contributed by atoms with Crippen molar-refractivity contribution in [3.05, 3.63) is 29.6 Å². The first-order valence-electron chi connectivity index (χ1n) is 6.96. The minimum atomic E-state index is -4.95. The summed E-state index contributed by atoms with van der Waals surface area (Å²) >= 11 is 0. The highest BCUT2D eigenvalue weighted by molar-refractivity contribution is 5.85. The minimum Gasteiger partial charge on any atom is -0.403 e. The van der Waals surface area contributed by atoms with Gasteiger partial charge in [0.15, 0.2) is 11.6 Å². The molecule has 0 saturated carbocycles. The van der Waals surface area contributed by atoms with Crippen LogP contribution in [-0.2, 0) is 0 Å². The Bertz CT molecular complexity index is 495. The monoisotopic (exact) mass is 360 g/mol. The molecule has 1 aromatic rings. The van der Waals surface area contributed by atoms with Gasteiger partial charge >= 0.3 is 6.36 Å². The summed E-state index contributed by atoms with van der Waals surface area (Å²) in [4.78, 5) is 2.00. The van der Waals surface area contributed by atoms with Crippen molar-refractivity contribution < 1.29 is 26.7 Å². The lowest BCUT2D eigenvalue weighted by Crippen LogP contribution is -2.45. The fourth-order valence-corrected chi connectivity index (χ4v) is 2.59. The number of nitrogens with zero attached hydrogens (tertiary/aromatic N) is 1. The van der Waals surface area contributed by atoms with E-state index in [9.17, 15) is 22.0 Å². The summed E-state index contributed by atoms with van der Waals surface area (Å²) < 4.78 is 66.6. The molecule has 2 rings (SSSR count). The van der Waals surface area contributed by atoms with Crippen molar-refractivity contribution in [3.63, 3.8) is 0 Å². The number of hydrogen-bond acceptors (Lipinski definition) is 3. The Kier molecular flexibility index (Phi) is 7.50. The van der Waals surface area contributed by atoms with Gasteiger partial charge in [-0.1, -0.05) is 6.07 Å². The maximum Gasteiger partial charge on any atom is 0.573 e. The van der Waals surface area contributed by atoms with Gasteiger partial charge in [0.25, 0.3) is 0 Å². The topological polar surface area (TPSA) is 24.5 Å². The van der Waals surface area contributed by atoms with Crippen molar-refractivity contribution in [3.8, 4) is 5.75 Å². The van der Waals surface area contributed by atoms with E-state index in [4.69, 9.17) is 0 Å². The summed E-state index contributed by atoms with van der Waals surface area (Å²) in [5.41, 5.74) is 0.451. The highest BCUT2D eigenvalue weighted by atomic mass is 35.5. The molecule has 0 radical (unpaired) electrons. The van der Waals surface area contributed by atoms with E-state index in [1.54, 1.807) is 0 Å². The molecule has 1 saturated heterocycles. The molecule has 0 unspecified atom stereocenters. The summed E-state index contributed by atoms with van der Waals surface area (Å²) in [7, 11) is 0. The van der Waals surface area contributed by atoms with Gasteiger partial charge in [0.05, 0.1) is 6.67 Å². The lowest BCUT2D eigenvalue weighted by Gasteiger charge is -2.35. The van der Waals surface area contributed by atoms with Crippen LogP contribution in [0.15, 0.2) is 18.2 Å². The standard InChI is InChI=1S/C14H17F5N2O.ClH/c15-4-3-12(21-7-5-20-6-8-21)10-1-2-13(11(16)9-10)22-14(17,18)19;/h1-2,9,12,20H,3-8H2;1H/t12-;/m0./s1. The number of ether oxygens (including phenoxy) is 1. The Morgan fingerprint density at radius 2 is 1.87 bits per heavy atom. The second kappa shape index (κ2) is 8.65. The van der Waals surface area contributed by atoms with Gasteiger partial charge in [-0.3, -0.25) is 9.29 Å². The SMILES string of the molecule is Cl.FCC[C@@H](c1ccc(OC(F)(F)F)c(F)c1)N1CCNCC1. The minimum absolute atomic E-state index is 0. The molecule has 0 aliphatic carbocycles. The van der Waals surface area contributed by atoms with Crippen LogP contribution >= 0.6 is 12.4 Å². The molecule has 1 aliphatic heterocycles. The molecule has 0 amide bonds. The van der Waals surface area contributed by atoms with Gasteiger partial charge in [-0.25, -0.2) is 4.39 Å². The van der Waals surface area contributed by atoms with Crippen LogP contribution in [0.1, 0.15) is 18.0 Å². The van der Waals surface area contributed by atoms with Crippen molar-refractivity contribution in [1.29, 1.82) is 0 Å². The van der Waals surface area contributed by atoms with Crippen LogP contribution in [0.3, 0.4) is 0 Å². The highest BCUT2D eigenvalue weighted by Gasteiger charge is 2.32. The highest BCUT2D eigenvalue weighted by Crippen LogP contribution is 2.31. The van der Waals surface area contributed by atoms with Crippen LogP contribution in [-0.4, -0.2) is 44.1 Å². The largest absolute Gasteiger partial charge is 0.573 e. The predicted molar refractivity (Wildman–Crippen MR) is 78.1 cm³/mol. The number of hydrogen-bond donors (Lipinski definition) is 1. The second-order valence-electron chi connectivity index (χ2n) is 5.02. The van der Waals surface area contributed by atoms with Crippen molar-refractivity contribution in [2.75, 3.05) is 32.9 Å². The third-order valence-corrected chi connectivity index (χ3v) is 3.54. The quantitative estimate of drug-likeness (QED) is 0.814. The Balaban J connectivity index is 0.00000264. The third-order valence-electron chi connectivity index (χ3n) is 3.54. The van der Waals surface area contributed by atoms with E-state index >= 15 is 0 Å². The summed E-state index contributed by atoms with van der Waals surface area (Å²) in [5, 5.41) is 3.15. The smallest absolute Gasteiger partial charge is 0.403 e. The molecule has 1 aliphatic rings. The van der Waals surface area contributed by atoms with Crippen molar-refractivity contribution in [1.82, 2.24) is 10.2 Å². The number of alkyl halides is 4. The molecule has 132 valence electrons. The fourth-order valence-electron chi connectivity index (χ4n) is 2.59. The van der Waals surface area contributed by atoms with Gasteiger partial charge in [0.2, 0.25) is 0 Å². The van der Waals surface area contributed by atoms with Crippen LogP contribution in [0.25, 0.3) is 0 Å². The molecule has 1 fully saturated rings. The molecule has 23 heavy (non-hydrogen) atoms. The molecule has 3 nitrogen and oxygen atoms in total. The molecule has 0 aromatic heterocycles. The van der Waals surface area contributed by atoms with Gasteiger partial charge in [-0.05, 0) is 24.1 Å². The van der Waals surface area contributed by atoms with E-state index in [1.807, 2.05) is 4.90 Å². The first-order chi connectivity index (χ1) is 10.4. The fraction of sp³-hybridized carbons (Fsp3) is 0.571. The zero-order chi connectivity index (χ0) is 16.2. The maximum atomic E-state index is 13.8. The molecule has 1 heterocycles. The van der Waals surface area contributed by atoms with Crippen LogP contribution in [0.5, 0.6) is 5.75 Å². The molecule has 0 spiro atoms. The zero-order valence-corrected chi connectivity index (χ0v) is 13.0. The van der Waals surface area contributed by atoms with E-state index in [0.717, 1.165) is 25.2 Å². The molecular formula is C14H18ClF5N2O. The molecule has 1 N–H and O–H groups in total. The zero-order valence-electron chi connectivity index (χ0n) is 12.2. The summed E-state index contributed by atoms with van der Waals surface area (Å²) in [5.74, 6) is -1.98. The van der Waals surface area contributed by atoms with Crippen LogP contribution in [0, 0.1) is 5.82 Å². The van der Waals surface area contributed by atoms with Gasteiger partial charge in [0, 0.05) is 32.2 Å². The molecule has 1 atom stereocenters. The second-order valence-corrected chi connectivity index (χ2v) is 5.02. The van der Waals surface area contributed by atoms with Gasteiger partial charge in [-0.2, -0.15) is 0 Å². The molecule has 1 aromatic carbocycles. The Morgan fingerprint density at radius 1 is 1.22 bits per heavy atom. The van der Waals surface area contributed by atoms with E-state index in [-0.39, 0.29) is 24.9 Å². The van der Waals surface area contributed by atoms with Crippen LogP contribution < -0.4 is 10.1 Å². The summed E-state index contributed by atoms with van der Waals surface area (Å²) in [6.45, 7) is 2.23. The van der Waals surface area contributed by atoms with Gasteiger partial charge < -0.3 is 10.1 Å². The lowest BCUT2D eigenvalue weighted by atomic mass is 10.0. The van der Waals surface area contributed by atoms with Crippen molar-refractivity contribution in [2.45, 2.75) is 18.8 Å². The Labute approximate surface area is 137 Å². The number of nitrogens with one attached hydrogen (secondary N) is 1. The molecule has 0 bridgehead atoms. The van der Waals surface area contributed by atoms with Crippen LogP contribution in [0.2, 0.25) is 0 Å². The normalized spacial score (nSPS) is 17.4. The average molecular weight is 361 g/mol. The Hall–Kier alpha value is -1.12. The van der Waals surface area contributed by atoms with Gasteiger partial charge in [0.1, 0.15) is 0 Å². The average Bonchev–Trinajstić information content (AvgIpc) is 2.47. The van der Waals surface area contributed by atoms with Crippen molar-refractivity contribution in [2.24, 2.45) is 0 Å². The maximum absolute atomic E-state index is 13.8. The van der Waals surface area contributed by atoms with Crippen LogP contribution in [0.4, 0.5) is 22.0 Å².